The minimum Gasteiger partial charge on any atom is -0.486 e. The molecule has 2 rings (SSSR count). The summed E-state index contributed by atoms with van der Waals surface area (Å²) in [6.07, 6.45) is 0.638. The predicted octanol–water partition coefficient (Wildman–Crippen LogP) is 3.53. The van der Waals surface area contributed by atoms with E-state index < -0.39 is 5.82 Å². The molecule has 0 bridgehead atoms. The lowest BCUT2D eigenvalue weighted by atomic mass is 10.1. The van der Waals surface area contributed by atoms with Gasteiger partial charge in [-0.25, -0.2) is 4.39 Å². The molecule has 0 spiro atoms. The van der Waals surface area contributed by atoms with Gasteiger partial charge >= 0.3 is 0 Å². The summed E-state index contributed by atoms with van der Waals surface area (Å²) in [6.45, 7) is 2.05. The minimum atomic E-state index is -0.515. The fourth-order valence-electron chi connectivity index (χ4n) is 1.64. The molecule has 0 fully saturated rings. The number of aldehydes is 1. The highest BCUT2D eigenvalue weighted by molar-refractivity contribution is 5.77. The van der Waals surface area contributed by atoms with Crippen LogP contribution < -0.4 is 4.74 Å². The topological polar surface area (TPSA) is 26.3 Å². The van der Waals surface area contributed by atoms with Crippen LogP contribution in [-0.4, -0.2) is 6.29 Å². The number of ether oxygens (including phenoxy) is 1. The highest BCUT2D eigenvalue weighted by Gasteiger charge is 2.08. The van der Waals surface area contributed by atoms with Crippen molar-refractivity contribution in [2.45, 2.75) is 13.5 Å². The monoisotopic (exact) mass is 244 g/mol. The molecule has 92 valence electrons. The largest absolute Gasteiger partial charge is 0.486 e. The average molecular weight is 244 g/mol. The van der Waals surface area contributed by atoms with Crippen molar-refractivity contribution in [2.24, 2.45) is 0 Å². The summed E-state index contributed by atoms with van der Waals surface area (Å²) in [5.74, 6) is -0.347. The lowest BCUT2D eigenvalue weighted by Gasteiger charge is -2.09. The average Bonchev–Trinajstić information content (AvgIpc) is 2.40. The van der Waals surface area contributed by atoms with Crippen molar-refractivity contribution in [3.63, 3.8) is 0 Å². The molecule has 2 aromatic carbocycles. The van der Waals surface area contributed by atoms with Crippen molar-refractivity contribution in [3.05, 3.63) is 65.0 Å². The molecule has 0 aromatic heterocycles. The molecule has 3 heteroatoms. The lowest BCUT2D eigenvalue weighted by molar-refractivity contribution is 0.112. The molecule has 2 nitrogen and oxygen atoms in total. The summed E-state index contributed by atoms with van der Waals surface area (Å²) in [5, 5.41) is 0. The van der Waals surface area contributed by atoms with Crippen LogP contribution >= 0.6 is 0 Å². The van der Waals surface area contributed by atoms with Gasteiger partial charge in [0.2, 0.25) is 0 Å². The predicted molar refractivity (Wildman–Crippen MR) is 67.3 cm³/mol. The van der Waals surface area contributed by atoms with Crippen molar-refractivity contribution in [2.75, 3.05) is 0 Å². The van der Waals surface area contributed by atoms with Gasteiger partial charge in [0, 0.05) is 5.56 Å². The summed E-state index contributed by atoms with van der Waals surface area (Å²) in [4.78, 5) is 10.7. The normalized spacial score (nSPS) is 10.1. The van der Waals surface area contributed by atoms with Gasteiger partial charge in [0.05, 0.1) is 0 Å². The fourth-order valence-corrected chi connectivity index (χ4v) is 1.64. The Morgan fingerprint density at radius 1 is 1.22 bits per heavy atom. The van der Waals surface area contributed by atoms with Gasteiger partial charge in [-0.15, -0.1) is 0 Å². The van der Waals surface area contributed by atoms with E-state index in [0.717, 1.165) is 5.56 Å². The van der Waals surface area contributed by atoms with Crippen LogP contribution in [0.3, 0.4) is 0 Å². The van der Waals surface area contributed by atoms with Crippen LogP contribution in [0.1, 0.15) is 21.5 Å². The highest BCUT2D eigenvalue weighted by atomic mass is 19.1. The van der Waals surface area contributed by atoms with Crippen LogP contribution in [0, 0.1) is 12.7 Å². The van der Waals surface area contributed by atoms with Crippen LogP contribution in [0.25, 0.3) is 0 Å². The Balaban J connectivity index is 2.15. The second-order valence-corrected chi connectivity index (χ2v) is 4.03. The van der Waals surface area contributed by atoms with Crippen molar-refractivity contribution >= 4 is 6.29 Å². The Hall–Kier alpha value is -2.16. The van der Waals surface area contributed by atoms with Gasteiger partial charge in [-0.3, -0.25) is 4.79 Å². The van der Waals surface area contributed by atoms with E-state index in [-0.39, 0.29) is 5.75 Å². The van der Waals surface area contributed by atoms with Crippen LogP contribution in [0.2, 0.25) is 0 Å². The molecule has 0 amide bonds. The van der Waals surface area contributed by atoms with Gasteiger partial charge in [-0.1, -0.05) is 30.3 Å². The zero-order valence-electron chi connectivity index (χ0n) is 10.0. The van der Waals surface area contributed by atoms with Gasteiger partial charge in [0.25, 0.3) is 0 Å². The molecule has 0 saturated carbocycles. The smallest absolute Gasteiger partial charge is 0.165 e. The highest BCUT2D eigenvalue weighted by Crippen LogP contribution is 2.22. The number of aryl methyl sites for hydroxylation is 1. The van der Waals surface area contributed by atoms with Crippen molar-refractivity contribution in [1.82, 2.24) is 0 Å². The molecule has 0 radical (unpaired) electrons. The van der Waals surface area contributed by atoms with Gasteiger partial charge in [0.15, 0.2) is 11.6 Å². The van der Waals surface area contributed by atoms with E-state index in [9.17, 15) is 9.18 Å². The third-order valence-corrected chi connectivity index (χ3v) is 2.68. The quantitative estimate of drug-likeness (QED) is 0.769. The first-order valence-electron chi connectivity index (χ1n) is 5.63. The van der Waals surface area contributed by atoms with E-state index in [1.54, 1.807) is 13.0 Å². The molecule has 18 heavy (non-hydrogen) atoms. The maximum Gasteiger partial charge on any atom is 0.165 e. The Morgan fingerprint density at radius 2 is 1.94 bits per heavy atom. The standard InChI is InChI=1S/C15H13FO2/c1-11-7-15(14(16)8-13(11)9-17)18-10-12-5-3-2-4-6-12/h2-9H,10H2,1H3. The first kappa shape index (κ1) is 12.3. The van der Waals surface area contributed by atoms with Crippen LogP contribution in [0.15, 0.2) is 42.5 Å². The Labute approximate surface area is 105 Å². The molecule has 0 atom stereocenters. The molecule has 0 saturated heterocycles. The fraction of sp³-hybridized carbons (Fsp3) is 0.133. The van der Waals surface area contributed by atoms with Crippen molar-refractivity contribution < 1.29 is 13.9 Å². The summed E-state index contributed by atoms with van der Waals surface area (Å²) in [6, 6.07) is 12.3. The molecule has 0 unspecified atom stereocenters. The number of hydrogen-bond acceptors (Lipinski definition) is 2. The number of halogens is 1. The molecule has 0 aliphatic rings. The molecular formula is C15H13FO2. The number of hydrogen-bond donors (Lipinski definition) is 0. The third kappa shape index (κ3) is 2.74. The SMILES string of the molecule is Cc1cc(OCc2ccccc2)c(F)cc1C=O. The first-order chi connectivity index (χ1) is 8.70. The van der Waals surface area contributed by atoms with Gasteiger partial charge < -0.3 is 4.74 Å². The summed E-state index contributed by atoms with van der Waals surface area (Å²) in [7, 11) is 0. The first-order valence-corrected chi connectivity index (χ1v) is 5.63. The van der Waals surface area contributed by atoms with E-state index in [2.05, 4.69) is 0 Å². The number of rotatable bonds is 4. The van der Waals surface area contributed by atoms with Crippen LogP contribution in [0.4, 0.5) is 4.39 Å². The number of carbonyl (C=O) groups is 1. The maximum absolute atomic E-state index is 13.6. The Morgan fingerprint density at radius 3 is 2.61 bits per heavy atom. The molecular weight excluding hydrogens is 231 g/mol. The van der Waals surface area contributed by atoms with Gasteiger partial charge in [0.1, 0.15) is 12.9 Å². The molecule has 0 aliphatic carbocycles. The van der Waals surface area contributed by atoms with E-state index in [0.29, 0.717) is 24.0 Å². The minimum absolute atomic E-state index is 0.168. The zero-order chi connectivity index (χ0) is 13.0. The van der Waals surface area contributed by atoms with Gasteiger partial charge in [-0.2, -0.15) is 0 Å². The van der Waals surface area contributed by atoms with E-state index in [4.69, 9.17) is 4.74 Å². The van der Waals surface area contributed by atoms with E-state index in [1.165, 1.54) is 6.07 Å². The van der Waals surface area contributed by atoms with Crippen LogP contribution in [-0.2, 0) is 6.61 Å². The van der Waals surface area contributed by atoms with E-state index in [1.807, 2.05) is 30.3 Å². The summed E-state index contributed by atoms with van der Waals surface area (Å²) >= 11 is 0. The number of carbonyl (C=O) groups excluding carboxylic acids is 1. The van der Waals surface area contributed by atoms with Crippen molar-refractivity contribution in [3.8, 4) is 5.75 Å². The summed E-state index contributed by atoms with van der Waals surface area (Å²) in [5.41, 5.74) is 2.02. The molecule has 0 aliphatic heterocycles. The second-order valence-electron chi connectivity index (χ2n) is 4.03. The Kier molecular flexibility index (Phi) is 3.72. The lowest BCUT2D eigenvalue weighted by Crippen LogP contribution is -1.99. The Bertz CT molecular complexity index is 550. The number of benzene rings is 2. The van der Waals surface area contributed by atoms with E-state index >= 15 is 0 Å². The second kappa shape index (κ2) is 5.45. The third-order valence-electron chi connectivity index (χ3n) is 2.68. The van der Waals surface area contributed by atoms with Gasteiger partial charge in [-0.05, 0) is 30.2 Å². The molecule has 2 aromatic rings. The molecule has 0 heterocycles. The van der Waals surface area contributed by atoms with Crippen molar-refractivity contribution in [1.29, 1.82) is 0 Å². The summed E-state index contributed by atoms with van der Waals surface area (Å²) < 4.78 is 19.0. The molecule has 0 N–H and O–H groups in total. The maximum atomic E-state index is 13.6. The zero-order valence-corrected chi connectivity index (χ0v) is 10.0. The van der Waals surface area contributed by atoms with Crippen LogP contribution in [0.5, 0.6) is 5.75 Å².